The van der Waals surface area contributed by atoms with Crippen LogP contribution in [0.3, 0.4) is 0 Å². The van der Waals surface area contributed by atoms with Crippen molar-refractivity contribution >= 4 is 11.7 Å². The van der Waals surface area contributed by atoms with Crippen molar-refractivity contribution in [3.63, 3.8) is 0 Å². The van der Waals surface area contributed by atoms with E-state index in [0.717, 1.165) is 11.8 Å². The molecule has 0 fully saturated rings. The number of benzene rings is 1. The number of ether oxygens (including phenoxy) is 1. The highest BCUT2D eigenvalue weighted by Gasteiger charge is 2.15. The van der Waals surface area contributed by atoms with Crippen molar-refractivity contribution in [2.75, 3.05) is 6.61 Å². The van der Waals surface area contributed by atoms with Gasteiger partial charge in [-0.3, -0.25) is 9.59 Å². The maximum Gasteiger partial charge on any atom is 0.251 e. The molecule has 2 aromatic rings. The van der Waals surface area contributed by atoms with Crippen LogP contribution in [0.4, 0.5) is 4.39 Å². The number of hydrogen-bond acceptors (Lipinski definition) is 4. The van der Waals surface area contributed by atoms with E-state index in [1.54, 1.807) is 13.0 Å². The molecular formula is C14H12FNO4. The van der Waals surface area contributed by atoms with Gasteiger partial charge in [0, 0.05) is 6.07 Å². The lowest BCUT2D eigenvalue weighted by Gasteiger charge is -2.06. The fourth-order valence-electron chi connectivity index (χ4n) is 1.55. The number of furan rings is 1. The zero-order valence-electron chi connectivity index (χ0n) is 10.7. The van der Waals surface area contributed by atoms with E-state index >= 15 is 0 Å². The Morgan fingerprint density at radius 3 is 2.75 bits per heavy atom. The fraction of sp³-hybridized carbons (Fsp3) is 0.143. The number of ketones is 1. The SMILES string of the molecule is Cc1ccc(F)c(OCC(=O)c2cc(C(N)=O)co2)c1. The molecule has 104 valence electrons. The average molecular weight is 277 g/mol. The van der Waals surface area contributed by atoms with Crippen molar-refractivity contribution in [2.24, 2.45) is 5.73 Å². The Morgan fingerprint density at radius 2 is 2.10 bits per heavy atom. The summed E-state index contributed by atoms with van der Waals surface area (Å²) in [5.41, 5.74) is 5.94. The van der Waals surface area contributed by atoms with Crippen molar-refractivity contribution in [1.29, 1.82) is 0 Å². The molecule has 1 aromatic carbocycles. The molecular weight excluding hydrogens is 265 g/mol. The standard InChI is InChI=1S/C14H12FNO4/c1-8-2-3-10(15)12(4-8)20-7-11(17)13-5-9(6-19-13)14(16)18/h2-6H,7H2,1H3,(H2,16,18). The lowest BCUT2D eigenvalue weighted by Crippen LogP contribution is -2.12. The summed E-state index contributed by atoms with van der Waals surface area (Å²) in [5, 5.41) is 0. The summed E-state index contributed by atoms with van der Waals surface area (Å²) in [6, 6.07) is 5.56. The van der Waals surface area contributed by atoms with Gasteiger partial charge in [-0.2, -0.15) is 0 Å². The molecule has 2 rings (SSSR count). The summed E-state index contributed by atoms with van der Waals surface area (Å²) >= 11 is 0. The molecule has 2 N–H and O–H groups in total. The normalized spacial score (nSPS) is 10.3. The number of rotatable bonds is 5. The van der Waals surface area contributed by atoms with Gasteiger partial charge in [0.05, 0.1) is 5.56 Å². The first-order valence-electron chi connectivity index (χ1n) is 5.78. The molecule has 0 aliphatic carbocycles. The Kier molecular flexibility index (Phi) is 3.84. The highest BCUT2D eigenvalue weighted by atomic mass is 19.1. The fourth-order valence-corrected chi connectivity index (χ4v) is 1.55. The van der Waals surface area contributed by atoms with Crippen LogP contribution in [-0.2, 0) is 0 Å². The molecule has 0 aliphatic rings. The average Bonchev–Trinajstić information content (AvgIpc) is 2.89. The van der Waals surface area contributed by atoms with Gasteiger partial charge >= 0.3 is 0 Å². The molecule has 0 saturated heterocycles. The number of halogens is 1. The molecule has 0 bridgehead atoms. The van der Waals surface area contributed by atoms with Gasteiger partial charge in [0.1, 0.15) is 6.26 Å². The summed E-state index contributed by atoms with van der Waals surface area (Å²) < 4.78 is 23.4. The second kappa shape index (κ2) is 5.56. The number of aryl methyl sites for hydroxylation is 1. The van der Waals surface area contributed by atoms with E-state index in [0.29, 0.717) is 0 Å². The number of Topliss-reactive ketones (excluding diaryl/α,β-unsaturated/α-hetero) is 1. The first kappa shape index (κ1) is 13.8. The Bertz CT molecular complexity index is 663. The maximum absolute atomic E-state index is 13.4. The molecule has 0 radical (unpaired) electrons. The second-order valence-electron chi connectivity index (χ2n) is 4.21. The monoisotopic (exact) mass is 277 g/mol. The number of carbonyl (C=O) groups excluding carboxylic acids is 2. The van der Waals surface area contributed by atoms with Gasteiger partial charge in [0.2, 0.25) is 5.78 Å². The second-order valence-corrected chi connectivity index (χ2v) is 4.21. The van der Waals surface area contributed by atoms with E-state index in [1.807, 2.05) is 0 Å². The lowest BCUT2D eigenvalue weighted by molar-refractivity contribution is 0.0890. The van der Waals surface area contributed by atoms with E-state index < -0.39 is 24.1 Å². The van der Waals surface area contributed by atoms with E-state index in [2.05, 4.69) is 0 Å². The van der Waals surface area contributed by atoms with Crippen molar-refractivity contribution in [1.82, 2.24) is 0 Å². The first-order valence-corrected chi connectivity index (χ1v) is 5.78. The van der Waals surface area contributed by atoms with Crippen molar-refractivity contribution in [3.05, 3.63) is 53.2 Å². The number of primary amides is 1. The van der Waals surface area contributed by atoms with Crippen LogP contribution in [-0.4, -0.2) is 18.3 Å². The third kappa shape index (κ3) is 3.03. The van der Waals surface area contributed by atoms with Gasteiger partial charge in [-0.25, -0.2) is 4.39 Å². The zero-order chi connectivity index (χ0) is 14.7. The molecule has 0 spiro atoms. The molecule has 5 nitrogen and oxygen atoms in total. The minimum absolute atomic E-state index is 0.0139. The van der Waals surface area contributed by atoms with Crippen LogP contribution in [0.5, 0.6) is 5.75 Å². The van der Waals surface area contributed by atoms with Crippen LogP contribution >= 0.6 is 0 Å². The number of nitrogens with two attached hydrogens (primary N) is 1. The summed E-state index contributed by atoms with van der Waals surface area (Å²) in [4.78, 5) is 22.6. The highest BCUT2D eigenvalue weighted by molar-refractivity contribution is 5.99. The van der Waals surface area contributed by atoms with Gasteiger partial charge < -0.3 is 14.9 Å². The van der Waals surface area contributed by atoms with E-state index in [4.69, 9.17) is 14.9 Å². The largest absolute Gasteiger partial charge is 0.482 e. The molecule has 1 heterocycles. The van der Waals surface area contributed by atoms with E-state index in [-0.39, 0.29) is 17.1 Å². The van der Waals surface area contributed by atoms with Crippen molar-refractivity contribution < 1.29 is 23.1 Å². The molecule has 0 unspecified atom stereocenters. The summed E-state index contributed by atoms with van der Waals surface area (Å²) in [5.74, 6) is -1.84. The molecule has 6 heteroatoms. The third-order valence-electron chi connectivity index (χ3n) is 2.60. The number of hydrogen-bond donors (Lipinski definition) is 1. The Balaban J connectivity index is 2.04. The van der Waals surface area contributed by atoms with E-state index in [1.165, 1.54) is 18.2 Å². The van der Waals surface area contributed by atoms with Crippen LogP contribution in [0.25, 0.3) is 0 Å². The van der Waals surface area contributed by atoms with Gasteiger partial charge in [-0.05, 0) is 24.6 Å². The Morgan fingerprint density at radius 1 is 1.35 bits per heavy atom. The minimum atomic E-state index is -0.696. The summed E-state index contributed by atoms with van der Waals surface area (Å²) in [6.45, 7) is 1.38. The number of amides is 1. The number of carbonyl (C=O) groups is 2. The third-order valence-corrected chi connectivity index (χ3v) is 2.60. The highest BCUT2D eigenvalue weighted by Crippen LogP contribution is 2.18. The Labute approximate surface area is 114 Å². The zero-order valence-corrected chi connectivity index (χ0v) is 10.7. The molecule has 20 heavy (non-hydrogen) atoms. The topological polar surface area (TPSA) is 82.5 Å². The molecule has 0 saturated carbocycles. The Hall–Kier alpha value is -2.63. The van der Waals surface area contributed by atoms with E-state index in [9.17, 15) is 14.0 Å². The maximum atomic E-state index is 13.4. The molecule has 1 aromatic heterocycles. The first-order chi connectivity index (χ1) is 9.47. The molecule has 1 amide bonds. The van der Waals surface area contributed by atoms with Crippen molar-refractivity contribution in [2.45, 2.75) is 6.92 Å². The van der Waals surface area contributed by atoms with Crippen LogP contribution in [0.1, 0.15) is 26.5 Å². The molecule has 0 aliphatic heterocycles. The van der Waals surface area contributed by atoms with Gasteiger partial charge in [0.15, 0.2) is 23.9 Å². The van der Waals surface area contributed by atoms with Gasteiger partial charge in [-0.1, -0.05) is 6.07 Å². The summed E-state index contributed by atoms with van der Waals surface area (Å²) in [6.07, 6.45) is 1.09. The van der Waals surface area contributed by atoms with Gasteiger partial charge in [0.25, 0.3) is 5.91 Å². The van der Waals surface area contributed by atoms with Crippen LogP contribution in [0.2, 0.25) is 0 Å². The van der Waals surface area contributed by atoms with Crippen LogP contribution < -0.4 is 10.5 Å². The smallest absolute Gasteiger partial charge is 0.251 e. The lowest BCUT2D eigenvalue weighted by atomic mass is 10.2. The summed E-state index contributed by atoms with van der Waals surface area (Å²) in [7, 11) is 0. The quantitative estimate of drug-likeness (QED) is 0.848. The predicted octanol–water partition coefficient (Wildman–Crippen LogP) is 2.09. The van der Waals surface area contributed by atoms with Crippen LogP contribution in [0.15, 0.2) is 34.9 Å². The minimum Gasteiger partial charge on any atom is -0.482 e. The predicted molar refractivity (Wildman–Crippen MR) is 68.2 cm³/mol. The van der Waals surface area contributed by atoms with Gasteiger partial charge in [-0.15, -0.1) is 0 Å². The van der Waals surface area contributed by atoms with Crippen LogP contribution in [0, 0.1) is 12.7 Å². The molecule has 0 atom stereocenters. The van der Waals surface area contributed by atoms with Crippen molar-refractivity contribution in [3.8, 4) is 5.75 Å².